The summed E-state index contributed by atoms with van der Waals surface area (Å²) in [6, 6.07) is 0. The van der Waals surface area contributed by atoms with Crippen LogP contribution in [0.4, 0.5) is 0 Å². The van der Waals surface area contributed by atoms with Crippen LogP contribution < -0.4 is 5.73 Å². The average Bonchev–Trinajstić information content (AvgIpc) is 2.60. The molecule has 0 aliphatic carbocycles. The number of amides is 1. The zero-order valence-corrected chi connectivity index (χ0v) is 9.69. The normalized spacial score (nSPS) is 24.8. The minimum Gasteiger partial charge on any atom is -0.481 e. The van der Waals surface area contributed by atoms with Gasteiger partial charge in [-0.1, -0.05) is 6.92 Å². The molecule has 1 aliphatic heterocycles. The molecule has 1 saturated heterocycles. The van der Waals surface area contributed by atoms with Crippen molar-refractivity contribution in [2.24, 2.45) is 17.6 Å². The van der Waals surface area contributed by atoms with Gasteiger partial charge in [0.2, 0.25) is 5.91 Å². The van der Waals surface area contributed by atoms with Crippen molar-refractivity contribution in [2.75, 3.05) is 19.6 Å². The molecule has 3 N–H and O–H groups in total. The van der Waals surface area contributed by atoms with E-state index in [1.165, 1.54) is 0 Å². The van der Waals surface area contributed by atoms with E-state index in [-0.39, 0.29) is 11.8 Å². The monoisotopic (exact) mass is 228 g/mol. The van der Waals surface area contributed by atoms with Crippen molar-refractivity contribution in [3.8, 4) is 0 Å². The van der Waals surface area contributed by atoms with Gasteiger partial charge in [0.15, 0.2) is 0 Å². The predicted octanol–water partition coefficient (Wildman–Crippen LogP) is 0.295. The van der Waals surface area contributed by atoms with Gasteiger partial charge in [-0.05, 0) is 25.3 Å². The van der Waals surface area contributed by atoms with Crippen molar-refractivity contribution < 1.29 is 14.7 Å². The maximum absolute atomic E-state index is 11.7. The molecule has 2 unspecified atom stereocenters. The number of unbranched alkanes of at least 4 members (excludes halogenated alkanes) is 1. The molecule has 2 atom stereocenters. The van der Waals surface area contributed by atoms with E-state index in [9.17, 15) is 9.59 Å². The molecule has 0 aromatic carbocycles. The molecule has 0 aromatic heterocycles. The molecule has 1 heterocycles. The van der Waals surface area contributed by atoms with Crippen molar-refractivity contribution in [1.82, 2.24) is 4.90 Å². The third-order valence-electron chi connectivity index (χ3n) is 3.13. The number of carbonyl (C=O) groups excluding carboxylic acids is 1. The molecule has 1 fully saturated rings. The minimum atomic E-state index is -0.801. The number of nitrogens with two attached hydrogens (primary N) is 1. The van der Waals surface area contributed by atoms with Gasteiger partial charge in [0.05, 0.1) is 5.92 Å². The highest BCUT2D eigenvalue weighted by Gasteiger charge is 2.36. The molecule has 5 nitrogen and oxygen atoms in total. The number of rotatable bonds is 5. The van der Waals surface area contributed by atoms with Crippen molar-refractivity contribution in [1.29, 1.82) is 0 Å². The molecule has 0 saturated carbocycles. The number of hydrogen-bond donors (Lipinski definition) is 2. The van der Waals surface area contributed by atoms with Crippen molar-refractivity contribution >= 4 is 11.9 Å². The zero-order chi connectivity index (χ0) is 12.1. The molecule has 0 spiro atoms. The highest BCUT2D eigenvalue weighted by Crippen LogP contribution is 2.23. The lowest BCUT2D eigenvalue weighted by Gasteiger charge is -2.15. The van der Waals surface area contributed by atoms with Crippen LogP contribution in [0.15, 0.2) is 0 Å². The quantitative estimate of drug-likeness (QED) is 0.663. The van der Waals surface area contributed by atoms with E-state index in [2.05, 4.69) is 0 Å². The third kappa shape index (κ3) is 3.20. The van der Waals surface area contributed by atoms with Gasteiger partial charge in [0.1, 0.15) is 0 Å². The first-order valence-corrected chi connectivity index (χ1v) is 5.77. The van der Waals surface area contributed by atoms with Gasteiger partial charge in [-0.2, -0.15) is 0 Å². The number of hydrogen-bond acceptors (Lipinski definition) is 3. The molecular weight excluding hydrogens is 208 g/mol. The topological polar surface area (TPSA) is 83.6 Å². The molecular formula is C11H20N2O3. The van der Waals surface area contributed by atoms with E-state index >= 15 is 0 Å². The molecule has 92 valence electrons. The Morgan fingerprint density at radius 2 is 2.06 bits per heavy atom. The number of carboxylic acid groups (broad SMARTS) is 1. The molecule has 0 bridgehead atoms. The van der Waals surface area contributed by atoms with Crippen LogP contribution in [-0.4, -0.2) is 41.5 Å². The van der Waals surface area contributed by atoms with Gasteiger partial charge in [-0.3, -0.25) is 9.59 Å². The van der Waals surface area contributed by atoms with Gasteiger partial charge in [0, 0.05) is 19.5 Å². The van der Waals surface area contributed by atoms with Crippen LogP contribution in [0.3, 0.4) is 0 Å². The zero-order valence-electron chi connectivity index (χ0n) is 9.69. The molecule has 0 aromatic rings. The lowest BCUT2D eigenvalue weighted by atomic mass is 9.99. The highest BCUT2D eigenvalue weighted by molar-refractivity contribution is 5.78. The van der Waals surface area contributed by atoms with E-state index in [0.29, 0.717) is 26.1 Å². The van der Waals surface area contributed by atoms with Crippen molar-refractivity contribution in [3.63, 3.8) is 0 Å². The van der Waals surface area contributed by atoms with Gasteiger partial charge in [-0.15, -0.1) is 0 Å². The summed E-state index contributed by atoms with van der Waals surface area (Å²) in [6.45, 7) is 3.41. The largest absolute Gasteiger partial charge is 0.481 e. The number of nitrogens with zero attached hydrogens (tertiary/aromatic N) is 1. The number of likely N-dealkylation sites (tertiary alicyclic amines) is 1. The summed E-state index contributed by atoms with van der Waals surface area (Å²) in [7, 11) is 0. The summed E-state index contributed by atoms with van der Waals surface area (Å²) >= 11 is 0. The number of aliphatic carboxylic acids is 1. The summed E-state index contributed by atoms with van der Waals surface area (Å²) in [5.74, 6) is -1.09. The van der Waals surface area contributed by atoms with E-state index in [4.69, 9.17) is 10.8 Å². The Morgan fingerprint density at radius 1 is 1.38 bits per heavy atom. The Hall–Kier alpha value is -1.10. The van der Waals surface area contributed by atoms with Crippen LogP contribution in [0.1, 0.15) is 26.2 Å². The van der Waals surface area contributed by atoms with Crippen LogP contribution >= 0.6 is 0 Å². The fourth-order valence-electron chi connectivity index (χ4n) is 2.07. The van der Waals surface area contributed by atoms with Gasteiger partial charge < -0.3 is 15.7 Å². The van der Waals surface area contributed by atoms with E-state index < -0.39 is 11.9 Å². The summed E-state index contributed by atoms with van der Waals surface area (Å²) < 4.78 is 0. The standard InChI is InChI=1S/C11H20N2O3/c1-8-6-13(7-9(8)11(15)16)10(14)4-2-3-5-12/h8-9H,2-7,12H2,1H3,(H,15,16). The van der Waals surface area contributed by atoms with Gasteiger partial charge in [-0.25, -0.2) is 0 Å². The van der Waals surface area contributed by atoms with E-state index in [1.54, 1.807) is 4.90 Å². The van der Waals surface area contributed by atoms with Crippen LogP contribution in [0.5, 0.6) is 0 Å². The summed E-state index contributed by atoms with van der Waals surface area (Å²) in [5.41, 5.74) is 5.35. The molecule has 1 aliphatic rings. The molecule has 1 amide bonds. The maximum atomic E-state index is 11.7. The van der Waals surface area contributed by atoms with Crippen LogP contribution in [0.2, 0.25) is 0 Å². The fourth-order valence-corrected chi connectivity index (χ4v) is 2.07. The van der Waals surface area contributed by atoms with Crippen LogP contribution in [0, 0.1) is 11.8 Å². The first kappa shape index (κ1) is 13.0. The Morgan fingerprint density at radius 3 is 2.56 bits per heavy atom. The second-order valence-corrected chi connectivity index (χ2v) is 4.47. The Bertz CT molecular complexity index is 268. The van der Waals surface area contributed by atoms with Gasteiger partial charge >= 0.3 is 5.97 Å². The molecule has 1 rings (SSSR count). The smallest absolute Gasteiger partial charge is 0.308 e. The molecule has 0 radical (unpaired) electrons. The third-order valence-corrected chi connectivity index (χ3v) is 3.13. The SMILES string of the molecule is CC1CN(C(=O)CCCCN)CC1C(=O)O. The molecule has 16 heavy (non-hydrogen) atoms. The summed E-state index contributed by atoms with van der Waals surface area (Å²) in [4.78, 5) is 24.3. The van der Waals surface area contributed by atoms with E-state index in [1.807, 2.05) is 6.92 Å². The van der Waals surface area contributed by atoms with Crippen LogP contribution in [-0.2, 0) is 9.59 Å². The number of carbonyl (C=O) groups is 2. The van der Waals surface area contributed by atoms with Gasteiger partial charge in [0.25, 0.3) is 0 Å². The minimum absolute atomic E-state index is 0.0518. The first-order valence-electron chi connectivity index (χ1n) is 5.77. The second kappa shape index (κ2) is 5.84. The highest BCUT2D eigenvalue weighted by atomic mass is 16.4. The summed E-state index contributed by atoms with van der Waals surface area (Å²) in [5, 5.41) is 8.94. The summed E-state index contributed by atoms with van der Waals surface area (Å²) in [6.07, 6.45) is 2.12. The number of carboxylic acids is 1. The predicted molar refractivity (Wildman–Crippen MR) is 59.8 cm³/mol. The fraction of sp³-hybridized carbons (Fsp3) is 0.818. The van der Waals surface area contributed by atoms with E-state index in [0.717, 1.165) is 12.8 Å². The lowest BCUT2D eigenvalue weighted by molar-refractivity contribution is -0.142. The molecule has 5 heteroatoms. The lowest BCUT2D eigenvalue weighted by Crippen LogP contribution is -2.29. The van der Waals surface area contributed by atoms with Crippen molar-refractivity contribution in [3.05, 3.63) is 0 Å². The van der Waals surface area contributed by atoms with Crippen LogP contribution in [0.25, 0.3) is 0 Å². The maximum Gasteiger partial charge on any atom is 0.308 e. The Labute approximate surface area is 95.6 Å². The first-order chi connectivity index (χ1) is 7.56. The second-order valence-electron chi connectivity index (χ2n) is 4.47. The van der Waals surface area contributed by atoms with Crippen molar-refractivity contribution in [2.45, 2.75) is 26.2 Å². The Balaban J connectivity index is 2.39. The average molecular weight is 228 g/mol. The Kier molecular flexibility index (Phi) is 4.73.